The van der Waals surface area contributed by atoms with Crippen molar-refractivity contribution in [3.05, 3.63) is 0 Å². The number of carbonyl (C=O) groups is 2. The molecule has 4 aliphatic carbocycles. The molecule has 4 aliphatic rings. The lowest BCUT2D eigenvalue weighted by Crippen LogP contribution is -2.60. The number of carbonyl (C=O) groups excluding carboxylic acids is 2. The van der Waals surface area contributed by atoms with Gasteiger partial charge in [0.2, 0.25) is 0 Å². The number of ketones is 2. The van der Waals surface area contributed by atoms with Gasteiger partial charge in [0.25, 0.3) is 0 Å². The first-order chi connectivity index (χ1) is 12.2. The minimum absolute atomic E-state index is 0.0582. The Morgan fingerprint density at radius 3 is 2.54 bits per heavy atom. The van der Waals surface area contributed by atoms with E-state index in [2.05, 4.69) is 13.8 Å². The van der Waals surface area contributed by atoms with Crippen LogP contribution in [0.5, 0.6) is 0 Å². The molecule has 4 nitrogen and oxygen atoms in total. The Morgan fingerprint density at radius 1 is 1.15 bits per heavy atom. The van der Waals surface area contributed by atoms with Gasteiger partial charge in [-0.15, -0.1) is 0 Å². The third-order valence-corrected chi connectivity index (χ3v) is 9.14. The fourth-order valence-electron chi connectivity index (χ4n) is 7.98. The molecule has 0 spiro atoms. The van der Waals surface area contributed by atoms with Crippen LogP contribution in [0.1, 0.15) is 65.7 Å². The van der Waals surface area contributed by atoms with Gasteiger partial charge in [-0.2, -0.15) is 0 Å². The Balaban J connectivity index is 1.68. The number of hydrogen-bond donors (Lipinski definition) is 1. The molecule has 146 valence electrons. The maximum atomic E-state index is 13.5. The molecule has 4 rings (SSSR count). The summed E-state index contributed by atoms with van der Waals surface area (Å²) in [4.78, 5) is 25.7. The van der Waals surface area contributed by atoms with Gasteiger partial charge in [-0.1, -0.05) is 13.8 Å². The molecule has 0 aromatic heterocycles. The second kappa shape index (κ2) is 6.13. The predicted molar refractivity (Wildman–Crippen MR) is 98.5 cm³/mol. The lowest BCUT2D eigenvalue weighted by atomic mass is 9.44. The smallest absolute Gasteiger partial charge is 0.137 e. The van der Waals surface area contributed by atoms with Crippen LogP contribution in [-0.2, 0) is 14.3 Å². The summed E-state index contributed by atoms with van der Waals surface area (Å²) in [5, 5.41) is 10.4. The summed E-state index contributed by atoms with van der Waals surface area (Å²) in [6, 6.07) is 0. The summed E-state index contributed by atoms with van der Waals surface area (Å²) in [5.41, 5.74) is -0.211. The van der Waals surface area contributed by atoms with Gasteiger partial charge in [0.05, 0.1) is 12.2 Å². The zero-order chi connectivity index (χ0) is 18.9. The lowest BCUT2D eigenvalue weighted by molar-refractivity contribution is -0.176. The zero-order valence-corrected chi connectivity index (χ0v) is 16.7. The maximum Gasteiger partial charge on any atom is 0.137 e. The number of aliphatic hydroxyl groups excluding tert-OH is 1. The highest BCUT2D eigenvalue weighted by Crippen LogP contribution is 2.66. The third kappa shape index (κ3) is 2.40. The monoisotopic (exact) mass is 362 g/mol. The van der Waals surface area contributed by atoms with Crippen LogP contribution in [0.2, 0.25) is 0 Å². The fraction of sp³-hybridized carbons (Fsp3) is 0.909. The quantitative estimate of drug-likeness (QED) is 0.818. The maximum absolute atomic E-state index is 13.5. The third-order valence-electron chi connectivity index (χ3n) is 9.14. The van der Waals surface area contributed by atoms with E-state index in [0.29, 0.717) is 30.0 Å². The van der Waals surface area contributed by atoms with Gasteiger partial charge in [0.1, 0.15) is 11.6 Å². The van der Waals surface area contributed by atoms with Gasteiger partial charge in [0, 0.05) is 25.4 Å². The molecule has 0 saturated heterocycles. The molecule has 0 bridgehead atoms. The molecule has 0 aliphatic heterocycles. The highest BCUT2D eigenvalue weighted by molar-refractivity contribution is 5.87. The van der Waals surface area contributed by atoms with E-state index in [4.69, 9.17) is 4.74 Å². The van der Waals surface area contributed by atoms with E-state index in [1.807, 2.05) is 0 Å². The van der Waals surface area contributed by atoms with Crippen molar-refractivity contribution in [3.63, 3.8) is 0 Å². The van der Waals surface area contributed by atoms with Crippen LogP contribution in [0.3, 0.4) is 0 Å². The Kier molecular flexibility index (Phi) is 4.39. The molecule has 0 aromatic rings. The first-order valence-corrected chi connectivity index (χ1v) is 10.5. The van der Waals surface area contributed by atoms with Crippen molar-refractivity contribution in [1.29, 1.82) is 0 Å². The van der Waals surface area contributed by atoms with Crippen LogP contribution >= 0.6 is 0 Å². The minimum atomic E-state index is -0.410. The van der Waals surface area contributed by atoms with E-state index in [9.17, 15) is 14.7 Å². The van der Waals surface area contributed by atoms with Crippen molar-refractivity contribution in [1.82, 2.24) is 0 Å². The number of fused-ring (bicyclic) bond motifs is 5. The average Bonchev–Trinajstić information content (AvgIpc) is 2.91. The summed E-state index contributed by atoms with van der Waals surface area (Å²) < 4.78 is 5.58. The van der Waals surface area contributed by atoms with Crippen LogP contribution in [-0.4, -0.2) is 36.0 Å². The normalized spacial score (nSPS) is 53.6. The van der Waals surface area contributed by atoms with Crippen molar-refractivity contribution < 1.29 is 19.4 Å². The Morgan fingerprint density at radius 2 is 1.88 bits per heavy atom. The van der Waals surface area contributed by atoms with E-state index in [1.165, 1.54) is 0 Å². The molecule has 4 saturated carbocycles. The molecular weight excluding hydrogens is 328 g/mol. The first-order valence-electron chi connectivity index (χ1n) is 10.5. The van der Waals surface area contributed by atoms with Crippen molar-refractivity contribution in [2.75, 3.05) is 7.11 Å². The van der Waals surface area contributed by atoms with Crippen LogP contribution < -0.4 is 0 Å². The van der Waals surface area contributed by atoms with Gasteiger partial charge in [-0.05, 0) is 74.0 Å². The molecule has 4 fully saturated rings. The molecule has 0 aromatic carbocycles. The van der Waals surface area contributed by atoms with Crippen molar-refractivity contribution in [3.8, 4) is 0 Å². The standard InChI is InChI=1S/C22H34O4/c1-12(23)15-7-8-16-14-6-5-13-9-17(24)19(26-4)11-21(13,2)20(14)18(25)10-22(15,16)3/h13-17,19-20,24H,5-11H2,1-4H3/t13-,14-,15+,16-,17-,19-,20+,21-,22+/m0/s1. The Bertz CT molecular complexity index is 615. The molecule has 1 N–H and O–H groups in total. The average molecular weight is 363 g/mol. The topological polar surface area (TPSA) is 63.6 Å². The van der Waals surface area contributed by atoms with Gasteiger partial charge >= 0.3 is 0 Å². The molecule has 0 radical (unpaired) electrons. The largest absolute Gasteiger partial charge is 0.390 e. The Hall–Kier alpha value is -0.740. The summed E-state index contributed by atoms with van der Waals surface area (Å²) in [7, 11) is 1.67. The highest BCUT2D eigenvalue weighted by Gasteiger charge is 2.64. The molecule has 0 heterocycles. The SMILES string of the molecule is CO[C@H]1C[C@@]2(C)[C@@H](CC[C@H]3[C@@H]4CC[C@H](C(C)=O)[C@@]4(C)CC(=O)[C@@H]32)C[C@@H]1O. The van der Waals surface area contributed by atoms with Gasteiger partial charge in [-0.3, -0.25) is 9.59 Å². The van der Waals surface area contributed by atoms with E-state index < -0.39 is 6.10 Å². The second-order valence-electron chi connectivity index (χ2n) is 10.2. The molecule has 4 heteroatoms. The van der Waals surface area contributed by atoms with Gasteiger partial charge in [0.15, 0.2) is 0 Å². The minimum Gasteiger partial charge on any atom is -0.390 e. The van der Waals surface area contributed by atoms with Crippen LogP contribution in [0.15, 0.2) is 0 Å². The molecular formula is C22H34O4. The summed E-state index contributed by atoms with van der Waals surface area (Å²) in [6.07, 6.45) is 5.73. The van der Waals surface area contributed by atoms with E-state index in [-0.39, 0.29) is 34.6 Å². The van der Waals surface area contributed by atoms with E-state index in [1.54, 1.807) is 14.0 Å². The number of methoxy groups -OCH3 is 1. The Labute approximate surface area is 157 Å². The molecule has 9 atom stereocenters. The summed E-state index contributed by atoms with van der Waals surface area (Å²) >= 11 is 0. The van der Waals surface area contributed by atoms with Gasteiger partial charge < -0.3 is 9.84 Å². The molecule has 0 unspecified atom stereocenters. The van der Waals surface area contributed by atoms with Gasteiger partial charge in [-0.25, -0.2) is 0 Å². The number of Topliss-reactive ketones (excluding diaryl/α,β-unsaturated/α-hetero) is 2. The number of hydrogen-bond acceptors (Lipinski definition) is 4. The van der Waals surface area contributed by atoms with E-state index in [0.717, 1.165) is 38.5 Å². The highest BCUT2D eigenvalue weighted by atomic mass is 16.5. The second-order valence-corrected chi connectivity index (χ2v) is 10.2. The molecule has 26 heavy (non-hydrogen) atoms. The number of rotatable bonds is 2. The van der Waals surface area contributed by atoms with Crippen LogP contribution in [0, 0.1) is 40.4 Å². The molecule has 0 amide bonds. The summed E-state index contributed by atoms with van der Waals surface area (Å²) in [5.74, 6) is 2.08. The van der Waals surface area contributed by atoms with Crippen LogP contribution in [0.25, 0.3) is 0 Å². The van der Waals surface area contributed by atoms with Crippen molar-refractivity contribution >= 4 is 11.6 Å². The lowest BCUT2D eigenvalue weighted by Gasteiger charge is -2.60. The first kappa shape index (κ1) is 18.6. The van der Waals surface area contributed by atoms with Crippen molar-refractivity contribution in [2.24, 2.45) is 40.4 Å². The summed E-state index contributed by atoms with van der Waals surface area (Å²) in [6.45, 7) is 6.20. The zero-order valence-electron chi connectivity index (χ0n) is 16.7. The number of aliphatic hydroxyl groups is 1. The van der Waals surface area contributed by atoms with E-state index >= 15 is 0 Å². The van der Waals surface area contributed by atoms with Crippen LogP contribution in [0.4, 0.5) is 0 Å². The van der Waals surface area contributed by atoms with Crippen molar-refractivity contribution in [2.45, 2.75) is 77.9 Å². The number of ether oxygens (including phenoxy) is 1. The fourth-order valence-corrected chi connectivity index (χ4v) is 7.98. The predicted octanol–water partition coefficient (Wildman–Crippen LogP) is 3.40.